The first-order valence-electron chi connectivity index (χ1n) is 4.87. The molecule has 2 rings (SSSR count). The molecule has 0 aromatic carbocycles. The van der Waals surface area contributed by atoms with E-state index in [1.54, 1.807) is 11.6 Å². The lowest BCUT2D eigenvalue weighted by molar-refractivity contribution is 0.699. The summed E-state index contributed by atoms with van der Waals surface area (Å²) in [6, 6.07) is 0. The number of imidazole rings is 1. The molecule has 0 saturated heterocycles. The summed E-state index contributed by atoms with van der Waals surface area (Å²) in [5.41, 5.74) is 0.223. The SMILES string of the molecule is CCn1c(=S)[nH]c2c1c(=O)n(C)c(=O)n2C. The molecule has 2 aromatic rings. The Hall–Kier alpha value is -1.63. The Morgan fingerprint density at radius 2 is 1.88 bits per heavy atom. The summed E-state index contributed by atoms with van der Waals surface area (Å²) in [6.07, 6.45) is 0. The van der Waals surface area contributed by atoms with Gasteiger partial charge in [0.1, 0.15) is 5.65 Å². The number of nitrogens with zero attached hydrogens (tertiary/aromatic N) is 3. The molecule has 0 unspecified atom stereocenters. The van der Waals surface area contributed by atoms with Crippen LogP contribution in [0, 0.1) is 4.77 Å². The van der Waals surface area contributed by atoms with E-state index in [4.69, 9.17) is 12.2 Å². The van der Waals surface area contributed by atoms with Crippen LogP contribution in [0.4, 0.5) is 0 Å². The first kappa shape index (κ1) is 10.9. The van der Waals surface area contributed by atoms with Crippen molar-refractivity contribution in [1.82, 2.24) is 18.7 Å². The van der Waals surface area contributed by atoms with Crippen LogP contribution in [0.1, 0.15) is 6.92 Å². The van der Waals surface area contributed by atoms with E-state index in [0.29, 0.717) is 22.5 Å². The quantitative estimate of drug-likeness (QED) is 0.720. The standard InChI is InChI=1S/C9H12N4O2S/c1-4-13-5-6(10-8(13)16)11(2)9(15)12(3)7(5)14/h4H2,1-3H3,(H,10,16). The molecule has 86 valence electrons. The van der Waals surface area contributed by atoms with Crippen LogP contribution >= 0.6 is 12.2 Å². The van der Waals surface area contributed by atoms with Crippen LogP contribution < -0.4 is 11.2 Å². The zero-order valence-corrected chi connectivity index (χ0v) is 10.1. The Morgan fingerprint density at radius 3 is 2.44 bits per heavy atom. The van der Waals surface area contributed by atoms with E-state index in [9.17, 15) is 9.59 Å². The number of rotatable bonds is 1. The van der Waals surface area contributed by atoms with E-state index in [1.165, 1.54) is 11.6 Å². The second-order valence-corrected chi connectivity index (χ2v) is 3.96. The third-order valence-electron chi connectivity index (χ3n) is 2.70. The molecule has 0 atom stereocenters. The van der Waals surface area contributed by atoms with Crippen molar-refractivity contribution in [2.45, 2.75) is 13.5 Å². The van der Waals surface area contributed by atoms with Gasteiger partial charge in [-0.2, -0.15) is 0 Å². The molecule has 0 aliphatic heterocycles. The van der Waals surface area contributed by atoms with Crippen LogP contribution in [0.25, 0.3) is 11.2 Å². The maximum atomic E-state index is 12.0. The molecule has 0 spiro atoms. The van der Waals surface area contributed by atoms with Crippen LogP contribution in [-0.4, -0.2) is 18.7 Å². The summed E-state index contributed by atoms with van der Waals surface area (Å²) in [5, 5.41) is 0. The van der Waals surface area contributed by atoms with Crippen LogP contribution in [0.2, 0.25) is 0 Å². The number of aromatic amines is 1. The van der Waals surface area contributed by atoms with Gasteiger partial charge < -0.3 is 9.55 Å². The van der Waals surface area contributed by atoms with Crippen LogP contribution in [0.5, 0.6) is 0 Å². The summed E-state index contributed by atoms with van der Waals surface area (Å²) < 4.78 is 4.61. The van der Waals surface area contributed by atoms with Crippen molar-refractivity contribution in [3.8, 4) is 0 Å². The number of H-pyrrole nitrogens is 1. The van der Waals surface area contributed by atoms with Gasteiger partial charge in [0.05, 0.1) is 0 Å². The van der Waals surface area contributed by atoms with Crippen LogP contribution in [0.15, 0.2) is 9.59 Å². The smallest absolute Gasteiger partial charge is 0.316 e. The first-order valence-corrected chi connectivity index (χ1v) is 5.28. The second kappa shape index (κ2) is 3.44. The lowest BCUT2D eigenvalue weighted by atomic mass is 10.5. The first-order chi connectivity index (χ1) is 7.49. The number of hydrogen-bond donors (Lipinski definition) is 1. The molecular formula is C9H12N4O2S. The minimum atomic E-state index is -0.364. The molecule has 0 bridgehead atoms. The van der Waals surface area contributed by atoms with Gasteiger partial charge in [0.2, 0.25) is 0 Å². The van der Waals surface area contributed by atoms with Gasteiger partial charge in [0.15, 0.2) is 10.3 Å². The Morgan fingerprint density at radius 1 is 1.25 bits per heavy atom. The van der Waals surface area contributed by atoms with E-state index in [0.717, 1.165) is 4.57 Å². The minimum Gasteiger partial charge on any atom is -0.316 e. The van der Waals surface area contributed by atoms with Gasteiger partial charge >= 0.3 is 5.69 Å². The normalized spacial score (nSPS) is 11.2. The highest BCUT2D eigenvalue weighted by Gasteiger charge is 2.13. The van der Waals surface area contributed by atoms with Gasteiger partial charge in [-0.05, 0) is 19.1 Å². The highest BCUT2D eigenvalue weighted by atomic mass is 32.1. The Labute approximate surface area is 95.8 Å². The predicted octanol–water partition coefficient (Wildman–Crippen LogP) is 0.116. The highest BCUT2D eigenvalue weighted by molar-refractivity contribution is 7.71. The van der Waals surface area contributed by atoms with Crippen molar-refractivity contribution < 1.29 is 0 Å². The van der Waals surface area contributed by atoms with Crippen LogP contribution in [-0.2, 0) is 20.6 Å². The highest BCUT2D eigenvalue weighted by Crippen LogP contribution is 2.06. The molecule has 0 radical (unpaired) electrons. The van der Waals surface area contributed by atoms with Crippen molar-refractivity contribution in [2.75, 3.05) is 0 Å². The van der Waals surface area contributed by atoms with Crippen molar-refractivity contribution in [3.63, 3.8) is 0 Å². The fourth-order valence-corrected chi connectivity index (χ4v) is 2.10. The summed E-state index contributed by atoms with van der Waals surface area (Å²) in [4.78, 5) is 26.5. The lowest BCUT2D eigenvalue weighted by Crippen LogP contribution is -2.37. The Balaban J connectivity index is 3.22. The molecule has 2 aromatic heterocycles. The number of nitrogens with one attached hydrogen (secondary N) is 1. The lowest BCUT2D eigenvalue weighted by Gasteiger charge is -2.04. The molecule has 7 heteroatoms. The van der Waals surface area contributed by atoms with E-state index in [-0.39, 0.29) is 11.2 Å². The number of aryl methyl sites for hydroxylation is 2. The maximum absolute atomic E-state index is 12.0. The third kappa shape index (κ3) is 1.21. The van der Waals surface area contributed by atoms with Gasteiger partial charge in [0, 0.05) is 20.6 Å². The van der Waals surface area contributed by atoms with Crippen molar-refractivity contribution in [1.29, 1.82) is 0 Å². The van der Waals surface area contributed by atoms with E-state index in [1.807, 2.05) is 6.92 Å². The minimum absolute atomic E-state index is 0.327. The second-order valence-electron chi connectivity index (χ2n) is 3.58. The number of hydrogen-bond acceptors (Lipinski definition) is 3. The Bertz CT molecular complexity index is 731. The van der Waals surface area contributed by atoms with Gasteiger partial charge in [0.25, 0.3) is 5.56 Å². The molecule has 0 aliphatic rings. The summed E-state index contributed by atoms with van der Waals surface area (Å²) in [7, 11) is 3.07. The molecule has 0 amide bonds. The zero-order valence-electron chi connectivity index (χ0n) is 9.27. The summed E-state index contributed by atoms with van der Waals surface area (Å²) >= 11 is 5.10. The topological polar surface area (TPSA) is 64.7 Å². The van der Waals surface area contributed by atoms with E-state index < -0.39 is 0 Å². The molecule has 0 aliphatic carbocycles. The maximum Gasteiger partial charge on any atom is 0.332 e. The molecular weight excluding hydrogens is 228 g/mol. The van der Waals surface area contributed by atoms with Gasteiger partial charge in [-0.15, -0.1) is 0 Å². The predicted molar refractivity (Wildman–Crippen MR) is 63.3 cm³/mol. The van der Waals surface area contributed by atoms with Gasteiger partial charge in [-0.25, -0.2) is 4.79 Å². The van der Waals surface area contributed by atoms with E-state index in [2.05, 4.69) is 4.98 Å². The Kier molecular flexibility index (Phi) is 2.34. The molecule has 1 N–H and O–H groups in total. The molecule has 0 fully saturated rings. The average Bonchev–Trinajstić information content (AvgIpc) is 2.60. The number of aromatic nitrogens is 4. The monoisotopic (exact) mass is 240 g/mol. The molecule has 16 heavy (non-hydrogen) atoms. The van der Waals surface area contributed by atoms with Gasteiger partial charge in [-0.1, -0.05) is 0 Å². The largest absolute Gasteiger partial charge is 0.332 e. The van der Waals surface area contributed by atoms with E-state index >= 15 is 0 Å². The zero-order chi connectivity index (χ0) is 12.0. The van der Waals surface area contributed by atoms with Crippen LogP contribution in [0.3, 0.4) is 0 Å². The fourth-order valence-electron chi connectivity index (χ4n) is 1.78. The molecule has 6 nitrogen and oxygen atoms in total. The average molecular weight is 240 g/mol. The van der Waals surface area contributed by atoms with Crippen molar-refractivity contribution >= 4 is 23.4 Å². The molecule has 0 saturated carbocycles. The van der Waals surface area contributed by atoms with Crippen molar-refractivity contribution in [3.05, 3.63) is 25.6 Å². The fraction of sp³-hybridized carbons (Fsp3) is 0.444. The van der Waals surface area contributed by atoms with Gasteiger partial charge in [-0.3, -0.25) is 13.9 Å². The molecule has 2 heterocycles. The summed E-state index contributed by atoms with van der Waals surface area (Å²) in [5.74, 6) is 0. The third-order valence-corrected chi connectivity index (χ3v) is 3.02. The summed E-state index contributed by atoms with van der Waals surface area (Å²) in [6.45, 7) is 2.49. The number of fused-ring (bicyclic) bond motifs is 1. The van der Waals surface area contributed by atoms with Crippen molar-refractivity contribution in [2.24, 2.45) is 14.1 Å².